The molecule has 2 unspecified atom stereocenters. The monoisotopic (exact) mass is 1230 g/mol. The van der Waals surface area contributed by atoms with Crippen LogP contribution in [0.2, 0.25) is 0 Å². The zero-order valence-corrected chi connectivity index (χ0v) is 58.9. The number of nitrogens with zero attached hydrogens (tertiary/aromatic N) is 1. The highest BCUT2D eigenvalue weighted by Crippen LogP contribution is 2.20. The normalized spacial score (nSPS) is 12.7. The van der Waals surface area contributed by atoms with Crippen molar-refractivity contribution in [1.29, 1.82) is 0 Å². The number of allylic oxidation sites excluding steroid dienone is 4. The van der Waals surface area contributed by atoms with Crippen molar-refractivity contribution in [2.24, 2.45) is 0 Å². The van der Waals surface area contributed by atoms with Crippen molar-refractivity contribution in [3.8, 4) is 0 Å². The molecule has 0 radical (unpaired) electrons. The van der Waals surface area contributed by atoms with E-state index >= 15 is 0 Å². The number of hydrogen-bond acceptors (Lipinski definition) is 8. The van der Waals surface area contributed by atoms with E-state index in [1.54, 1.807) is 0 Å². The molecule has 0 spiro atoms. The maximum Gasteiger partial charge on any atom is 0.306 e. The van der Waals surface area contributed by atoms with Gasteiger partial charge in [-0.1, -0.05) is 366 Å². The number of aliphatic carboxylic acids is 1. The average Bonchev–Trinajstić information content (AvgIpc) is 3.59. The SMILES string of the molecule is CCCCCCC/C=C\C/C=C\CCCCCCCCCCCCCCCCCCCCCCCCCCCCCCCC(=O)OC(COC(=O)CCCCCCCCCCCCCCCCCCCCCCC)COC(OCC[N+](C)(C)C)C(=O)[O-]. The van der Waals surface area contributed by atoms with E-state index in [1.165, 1.54) is 327 Å². The smallest absolute Gasteiger partial charge is 0.306 e. The van der Waals surface area contributed by atoms with E-state index < -0.39 is 24.3 Å². The summed E-state index contributed by atoms with van der Waals surface area (Å²) in [4.78, 5) is 37.5. The van der Waals surface area contributed by atoms with Gasteiger partial charge in [0, 0.05) is 12.8 Å². The fraction of sp³-hybridized carbons (Fsp3) is 0.910. The Kier molecular flexibility index (Phi) is 67.9. The highest BCUT2D eigenvalue weighted by Gasteiger charge is 2.22. The van der Waals surface area contributed by atoms with Crippen molar-refractivity contribution in [3.05, 3.63) is 24.3 Å². The molecule has 0 bridgehead atoms. The third-order valence-corrected chi connectivity index (χ3v) is 17.7. The first-order valence-corrected chi connectivity index (χ1v) is 38.5. The van der Waals surface area contributed by atoms with Crippen LogP contribution >= 0.6 is 0 Å². The second-order valence-electron chi connectivity index (χ2n) is 27.7. The molecule has 0 aromatic carbocycles. The van der Waals surface area contributed by atoms with E-state index in [1.807, 2.05) is 21.1 Å². The molecule has 0 amide bonds. The average molecular weight is 1230 g/mol. The number of unbranched alkanes of at least 4 members (excludes halogenated alkanes) is 54. The minimum Gasteiger partial charge on any atom is -0.545 e. The van der Waals surface area contributed by atoms with Crippen molar-refractivity contribution in [2.75, 3.05) is 47.5 Å². The molecule has 0 aromatic heterocycles. The van der Waals surface area contributed by atoms with Crippen molar-refractivity contribution >= 4 is 17.9 Å². The van der Waals surface area contributed by atoms with Gasteiger partial charge in [0.1, 0.15) is 13.2 Å². The van der Waals surface area contributed by atoms with Gasteiger partial charge in [-0.25, -0.2) is 0 Å². The number of likely N-dealkylation sites (N-methyl/N-ethyl adjacent to an activating group) is 1. The van der Waals surface area contributed by atoms with Gasteiger partial charge in [-0.2, -0.15) is 0 Å². The molecule has 514 valence electrons. The van der Waals surface area contributed by atoms with Gasteiger partial charge in [0.25, 0.3) is 0 Å². The van der Waals surface area contributed by atoms with Gasteiger partial charge >= 0.3 is 11.9 Å². The van der Waals surface area contributed by atoms with Gasteiger partial charge in [0.15, 0.2) is 12.4 Å². The molecule has 2 atom stereocenters. The first-order valence-electron chi connectivity index (χ1n) is 38.5. The van der Waals surface area contributed by atoms with Gasteiger partial charge in [0.05, 0.1) is 40.3 Å². The molecule has 0 aliphatic rings. The second-order valence-corrected chi connectivity index (χ2v) is 27.7. The number of ether oxygens (including phenoxy) is 4. The molecule has 9 heteroatoms. The minimum absolute atomic E-state index is 0.153. The topological polar surface area (TPSA) is 111 Å². The molecule has 0 fully saturated rings. The molecule has 9 nitrogen and oxygen atoms in total. The second kappa shape index (κ2) is 69.7. The van der Waals surface area contributed by atoms with E-state index in [4.69, 9.17) is 18.9 Å². The number of carbonyl (C=O) groups excluding carboxylic acids is 3. The van der Waals surface area contributed by atoms with E-state index in [9.17, 15) is 19.5 Å². The molecule has 0 saturated heterocycles. The highest BCUT2D eigenvalue weighted by atomic mass is 16.7. The summed E-state index contributed by atoms with van der Waals surface area (Å²) in [5, 5.41) is 11.8. The molecule has 0 saturated carbocycles. The van der Waals surface area contributed by atoms with Crippen molar-refractivity contribution in [3.63, 3.8) is 0 Å². The van der Waals surface area contributed by atoms with Crippen LogP contribution in [0.5, 0.6) is 0 Å². The predicted octanol–water partition coefficient (Wildman–Crippen LogP) is 22.8. The number of carboxylic acids is 1. The molecule has 0 N–H and O–H groups in total. The first kappa shape index (κ1) is 84.8. The number of carboxylic acid groups (broad SMARTS) is 1. The van der Waals surface area contributed by atoms with E-state index in [-0.39, 0.29) is 32.2 Å². The summed E-state index contributed by atoms with van der Waals surface area (Å²) in [6.07, 6.45) is 84.5. The summed E-state index contributed by atoms with van der Waals surface area (Å²) in [5.74, 6) is -2.25. The molecule has 0 aromatic rings. The van der Waals surface area contributed by atoms with Crippen LogP contribution < -0.4 is 5.11 Å². The summed E-state index contributed by atoms with van der Waals surface area (Å²) in [7, 11) is 5.95. The Morgan fingerprint density at radius 3 is 0.908 bits per heavy atom. The lowest BCUT2D eigenvalue weighted by atomic mass is 10.0. The Morgan fingerprint density at radius 1 is 0.345 bits per heavy atom. The van der Waals surface area contributed by atoms with Gasteiger partial charge in [-0.15, -0.1) is 0 Å². The Hall–Kier alpha value is -2.23. The van der Waals surface area contributed by atoms with Gasteiger partial charge < -0.3 is 33.3 Å². The van der Waals surface area contributed by atoms with Crippen LogP contribution in [0, 0.1) is 0 Å². The summed E-state index contributed by atoms with van der Waals surface area (Å²) in [6, 6.07) is 0. The van der Waals surface area contributed by atoms with Crippen LogP contribution in [0.25, 0.3) is 0 Å². The van der Waals surface area contributed by atoms with E-state index in [0.717, 1.165) is 44.9 Å². The lowest BCUT2D eigenvalue weighted by Crippen LogP contribution is -2.44. The zero-order chi connectivity index (χ0) is 63.3. The van der Waals surface area contributed by atoms with Crippen molar-refractivity contribution in [1.82, 2.24) is 0 Å². The maximum atomic E-state index is 12.9. The molecular weight excluding hydrogens is 1080 g/mol. The predicted molar refractivity (Wildman–Crippen MR) is 371 cm³/mol. The summed E-state index contributed by atoms with van der Waals surface area (Å²) >= 11 is 0. The van der Waals surface area contributed by atoms with Crippen LogP contribution in [0.4, 0.5) is 0 Å². The van der Waals surface area contributed by atoms with Crippen LogP contribution in [-0.2, 0) is 33.3 Å². The van der Waals surface area contributed by atoms with E-state index in [2.05, 4.69) is 38.2 Å². The lowest BCUT2D eigenvalue weighted by Gasteiger charge is -2.26. The fourth-order valence-corrected chi connectivity index (χ4v) is 11.8. The van der Waals surface area contributed by atoms with Gasteiger partial charge in [0.2, 0.25) is 0 Å². The minimum atomic E-state index is -1.62. The lowest BCUT2D eigenvalue weighted by molar-refractivity contribution is -0.870. The number of hydrogen-bond donors (Lipinski definition) is 0. The maximum absolute atomic E-state index is 12.9. The molecular formula is C78H149NO8. The zero-order valence-electron chi connectivity index (χ0n) is 58.9. The largest absolute Gasteiger partial charge is 0.545 e. The van der Waals surface area contributed by atoms with Crippen LogP contribution in [-0.4, -0.2) is 82.3 Å². The Bertz CT molecular complexity index is 1480. The summed E-state index contributed by atoms with van der Waals surface area (Å²) < 4.78 is 22.8. The van der Waals surface area contributed by atoms with Gasteiger partial charge in [-0.05, 0) is 44.9 Å². The quantitative estimate of drug-likeness (QED) is 0.0195. The Balaban J connectivity index is 3.91. The van der Waals surface area contributed by atoms with E-state index in [0.29, 0.717) is 17.4 Å². The number of esters is 2. The van der Waals surface area contributed by atoms with Gasteiger partial charge in [-0.3, -0.25) is 9.59 Å². The molecule has 87 heavy (non-hydrogen) atoms. The van der Waals surface area contributed by atoms with Crippen LogP contribution in [0.15, 0.2) is 24.3 Å². The fourth-order valence-electron chi connectivity index (χ4n) is 11.8. The van der Waals surface area contributed by atoms with Crippen LogP contribution in [0.1, 0.15) is 399 Å². The first-order chi connectivity index (χ1) is 42.6. The third kappa shape index (κ3) is 71.1. The molecule has 0 heterocycles. The van der Waals surface area contributed by atoms with Crippen molar-refractivity contribution < 1.29 is 42.9 Å². The van der Waals surface area contributed by atoms with Crippen molar-refractivity contribution in [2.45, 2.75) is 411 Å². The standard InChI is InChI=1S/C78H149NO8/c1-6-8-10-12-14-16-18-20-22-24-26-28-29-30-31-32-33-34-35-36-37-38-39-40-41-42-43-44-45-46-47-49-51-53-55-57-59-61-63-65-67-69-76(81)87-74(73-86-78(77(82)83)84-71-70-79(3,4)5)72-85-75(80)68-66-64-62-60-58-56-54-52-50-48-27-25-23-21-19-17-15-13-11-9-7-2/h18,20,24,26,74,78H,6-17,19,21-23,25,27-73H2,1-5H3/b20-18-,26-24-. The Morgan fingerprint density at radius 2 is 0.621 bits per heavy atom. The highest BCUT2D eigenvalue weighted by molar-refractivity contribution is 5.70. The summed E-state index contributed by atoms with van der Waals surface area (Å²) in [6.45, 7) is 4.82. The summed E-state index contributed by atoms with van der Waals surface area (Å²) in [5.41, 5.74) is 0. The van der Waals surface area contributed by atoms with Crippen LogP contribution in [0.3, 0.4) is 0 Å². The Labute approximate surface area is 541 Å². The number of carbonyl (C=O) groups is 3. The third-order valence-electron chi connectivity index (χ3n) is 17.7. The molecule has 0 aliphatic carbocycles. The molecule has 0 rings (SSSR count). The number of quaternary nitrogens is 1. The number of rotatable bonds is 73. The molecule has 0 aliphatic heterocycles.